The van der Waals surface area contributed by atoms with E-state index in [1.807, 2.05) is 24.3 Å². The van der Waals surface area contributed by atoms with Gasteiger partial charge in [0, 0.05) is 34.8 Å². The van der Waals surface area contributed by atoms with E-state index in [2.05, 4.69) is 16.0 Å². The van der Waals surface area contributed by atoms with Crippen molar-refractivity contribution in [3.8, 4) is 11.8 Å². The maximum Gasteiger partial charge on any atom is 0.187 e. The number of Topliss-reactive ketones (excluding diaryl/α,β-unsaturated/α-hetero) is 1. The van der Waals surface area contributed by atoms with Gasteiger partial charge in [0.15, 0.2) is 10.9 Å². The van der Waals surface area contributed by atoms with E-state index < -0.39 is 0 Å². The van der Waals surface area contributed by atoms with Gasteiger partial charge in [0.25, 0.3) is 0 Å². The van der Waals surface area contributed by atoms with Gasteiger partial charge in [-0.15, -0.1) is 0 Å². The first kappa shape index (κ1) is 18.6. The van der Waals surface area contributed by atoms with Crippen LogP contribution in [-0.4, -0.2) is 15.8 Å². The highest BCUT2D eigenvalue weighted by atomic mass is 32.2. The smallest absolute Gasteiger partial charge is 0.187 e. The Morgan fingerprint density at radius 2 is 1.89 bits per heavy atom. The molecule has 5 nitrogen and oxygen atoms in total. The maximum atomic E-state index is 11.7. The monoisotopic (exact) mass is 375 g/mol. The molecule has 0 aliphatic carbocycles. The average Bonchev–Trinajstić information content (AvgIpc) is 2.71. The van der Waals surface area contributed by atoms with Crippen molar-refractivity contribution in [1.82, 2.24) is 9.97 Å². The van der Waals surface area contributed by atoms with Crippen LogP contribution in [0.1, 0.15) is 34.0 Å². The molecule has 0 bridgehead atoms. The summed E-state index contributed by atoms with van der Waals surface area (Å²) in [6.45, 7) is 1.82. The summed E-state index contributed by atoms with van der Waals surface area (Å²) in [5.41, 5.74) is 2.92. The quantitative estimate of drug-likeness (QED) is 0.346. The second kappa shape index (κ2) is 8.97. The van der Waals surface area contributed by atoms with Gasteiger partial charge >= 0.3 is 0 Å². The zero-order valence-corrected chi connectivity index (χ0v) is 15.6. The molecule has 3 aromatic rings. The number of carbonyl (C=O) groups is 1. The van der Waals surface area contributed by atoms with Gasteiger partial charge < -0.3 is 4.74 Å². The number of benzene rings is 2. The molecule has 0 N–H and O–H groups in total. The Hall–Kier alpha value is -3.17. The number of hydrogen-bond acceptors (Lipinski definition) is 6. The number of carbonyl (C=O) groups excluding carboxylic acids is 1. The molecule has 1 heterocycles. The Morgan fingerprint density at radius 1 is 1.11 bits per heavy atom. The summed E-state index contributed by atoms with van der Waals surface area (Å²) in [5, 5.41) is 9.88. The number of thioether (sulfide) groups is 1. The molecule has 0 amide bonds. The summed E-state index contributed by atoms with van der Waals surface area (Å²) in [7, 11) is 0. The first-order valence-electron chi connectivity index (χ1n) is 8.32. The van der Waals surface area contributed by atoms with E-state index in [0.717, 1.165) is 11.1 Å². The van der Waals surface area contributed by atoms with E-state index in [-0.39, 0.29) is 12.4 Å². The zero-order valence-electron chi connectivity index (χ0n) is 14.8. The molecule has 2 aromatic carbocycles. The van der Waals surface area contributed by atoms with Crippen molar-refractivity contribution in [3.05, 3.63) is 83.2 Å². The van der Waals surface area contributed by atoms with Gasteiger partial charge in [0.05, 0.1) is 11.6 Å². The molecule has 0 aliphatic rings. The molecule has 1 aromatic heterocycles. The predicted molar refractivity (Wildman–Crippen MR) is 104 cm³/mol. The third kappa shape index (κ3) is 4.93. The summed E-state index contributed by atoms with van der Waals surface area (Å²) in [6, 6.07) is 16.7. The minimum Gasteiger partial charge on any atom is -0.489 e. The fourth-order valence-corrected chi connectivity index (χ4v) is 3.25. The number of ketones is 1. The number of nitriles is 1. The molecular weight excluding hydrogens is 358 g/mol. The third-order valence-electron chi connectivity index (χ3n) is 3.89. The summed E-state index contributed by atoms with van der Waals surface area (Å²) in [4.78, 5) is 20.1. The number of rotatable bonds is 7. The van der Waals surface area contributed by atoms with Crippen LogP contribution in [-0.2, 0) is 12.4 Å². The highest BCUT2D eigenvalue weighted by molar-refractivity contribution is 7.98. The zero-order chi connectivity index (χ0) is 19.1. The van der Waals surface area contributed by atoms with E-state index in [1.54, 1.807) is 36.7 Å². The second-order valence-corrected chi connectivity index (χ2v) is 6.70. The normalized spacial score (nSPS) is 10.2. The average molecular weight is 375 g/mol. The topological polar surface area (TPSA) is 75.9 Å². The first-order chi connectivity index (χ1) is 13.2. The molecule has 0 saturated carbocycles. The van der Waals surface area contributed by atoms with Crippen molar-refractivity contribution in [3.63, 3.8) is 0 Å². The van der Waals surface area contributed by atoms with Gasteiger partial charge in [-0.3, -0.25) is 4.79 Å². The van der Waals surface area contributed by atoms with Gasteiger partial charge in [0.1, 0.15) is 12.4 Å². The van der Waals surface area contributed by atoms with E-state index in [9.17, 15) is 10.1 Å². The van der Waals surface area contributed by atoms with Gasteiger partial charge in [-0.05, 0) is 37.3 Å². The maximum absolute atomic E-state index is 11.7. The summed E-state index contributed by atoms with van der Waals surface area (Å²) in [5.74, 6) is 1.25. The van der Waals surface area contributed by atoms with Crippen LogP contribution < -0.4 is 4.74 Å². The molecule has 27 heavy (non-hydrogen) atoms. The van der Waals surface area contributed by atoms with Crippen LogP contribution in [0.25, 0.3) is 0 Å². The highest BCUT2D eigenvalue weighted by Crippen LogP contribution is 2.28. The Labute approximate surface area is 162 Å². The van der Waals surface area contributed by atoms with E-state index in [0.29, 0.717) is 27.8 Å². The first-order valence-corrected chi connectivity index (χ1v) is 9.30. The van der Waals surface area contributed by atoms with Crippen LogP contribution in [0.2, 0.25) is 0 Å². The van der Waals surface area contributed by atoms with E-state index in [4.69, 9.17) is 4.74 Å². The van der Waals surface area contributed by atoms with Crippen LogP contribution >= 0.6 is 11.8 Å². The van der Waals surface area contributed by atoms with Crippen molar-refractivity contribution in [2.45, 2.75) is 24.4 Å². The largest absolute Gasteiger partial charge is 0.489 e. The van der Waals surface area contributed by atoms with Crippen LogP contribution in [0.3, 0.4) is 0 Å². The third-order valence-corrected chi connectivity index (χ3v) is 4.81. The number of ether oxygens (including phenoxy) is 1. The summed E-state index contributed by atoms with van der Waals surface area (Å²) >= 11 is 1.47. The lowest BCUT2D eigenvalue weighted by atomic mass is 10.1. The lowest BCUT2D eigenvalue weighted by Crippen LogP contribution is -2.02. The molecule has 0 fully saturated rings. The van der Waals surface area contributed by atoms with Crippen LogP contribution in [0.5, 0.6) is 5.75 Å². The van der Waals surface area contributed by atoms with Crippen LogP contribution in [0.15, 0.2) is 66.1 Å². The van der Waals surface area contributed by atoms with Crippen molar-refractivity contribution in [2.75, 3.05) is 0 Å². The number of aromatic nitrogens is 2. The Morgan fingerprint density at radius 3 is 2.63 bits per heavy atom. The molecule has 0 saturated heterocycles. The minimum atomic E-state index is -0.00131. The summed E-state index contributed by atoms with van der Waals surface area (Å²) < 4.78 is 5.97. The van der Waals surface area contributed by atoms with Crippen LogP contribution in [0.4, 0.5) is 0 Å². The van der Waals surface area contributed by atoms with Crippen molar-refractivity contribution in [1.29, 1.82) is 5.26 Å². The Kier molecular flexibility index (Phi) is 6.18. The van der Waals surface area contributed by atoms with E-state index in [1.165, 1.54) is 18.7 Å². The molecule has 0 atom stereocenters. The molecule has 6 heteroatoms. The molecule has 0 radical (unpaired) electrons. The Balaban J connectivity index is 1.81. The van der Waals surface area contributed by atoms with Crippen molar-refractivity contribution in [2.24, 2.45) is 0 Å². The van der Waals surface area contributed by atoms with Crippen molar-refractivity contribution >= 4 is 17.5 Å². The van der Waals surface area contributed by atoms with Gasteiger partial charge in [-0.2, -0.15) is 5.26 Å². The second-order valence-electron chi connectivity index (χ2n) is 5.76. The fourth-order valence-electron chi connectivity index (χ4n) is 2.47. The SMILES string of the molecule is CC(=O)c1ccc(OCc2ccccc2C#N)c(CSc2ncccn2)c1. The van der Waals surface area contributed by atoms with Crippen molar-refractivity contribution < 1.29 is 9.53 Å². The minimum absolute atomic E-state index is 0.00131. The summed E-state index contributed by atoms with van der Waals surface area (Å²) in [6.07, 6.45) is 3.38. The molecule has 0 unspecified atom stereocenters. The fraction of sp³-hybridized carbons (Fsp3) is 0.143. The predicted octanol–water partition coefficient (Wildman–Crippen LogP) is 4.42. The highest BCUT2D eigenvalue weighted by Gasteiger charge is 2.11. The van der Waals surface area contributed by atoms with E-state index >= 15 is 0 Å². The molecule has 0 aliphatic heterocycles. The lowest BCUT2D eigenvalue weighted by Gasteiger charge is -2.13. The van der Waals surface area contributed by atoms with Crippen LogP contribution in [0, 0.1) is 11.3 Å². The standard InChI is InChI=1S/C21H17N3O2S/c1-15(25)16-7-8-20(26-13-18-6-3-2-5-17(18)12-22)19(11-16)14-27-21-23-9-4-10-24-21/h2-11H,13-14H2,1H3. The van der Waals surface area contributed by atoms with Gasteiger partial charge in [0.2, 0.25) is 0 Å². The number of nitrogens with zero attached hydrogens (tertiary/aromatic N) is 3. The molecule has 134 valence electrons. The Bertz CT molecular complexity index is 984. The molecular formula is C21H17N3O2S. The molecule has 3 rings (SSSR count). The number of hydrogen-bond donors (Lipinski definition) is 0. The van der Waals surface area contributed by atoms with Gasteiger partial charge in [-0.25, -0.2) is 9.97 Å². The molecule has 0 spiro atoms. The lowest BCUT2D eigenvalue weighted by molar-refractivity contribution is 0.101. The van der Waals surface area contributed by atoms with Gasteiger partial charge in [-0.1, -0.05) is 30.0 Å².